The maximum absolute atomic E-state index is 15.4. The van der Waals surface area contributed by atoms with Gasteiger partial charge in [0.1, 0.15) is 0 Å². The third kappa shape index (κ3) is 3.51. The average molecular weight is 510 g/mol. The number of alkyl halides is 3. The minimum Gasteiger partial charge on any atom is -0.295 e. The number of hydrogen-bond acceptors (Lipinski definition) is 3. The summed E-state index contributed by atoms with van der Waals surface area (Å²) in [7, 11) is 0. The second-order valence-corrected chi connectivity index (χ2v) is 10.6. The SMILES string of the molecule is Cc1ccc(N2C(=O)[C@@](c3c(C)[nH]n(-c4ccccc4)c3=O)(C(F)(F)F)C3=C2CC(C)(C)CC3=O)cc1. The van der Waals surface area contributed by atoms with Crippen molar-refractivity contribution in [3.8, 4) is 5.69 Å². The normalized spacial score (nSPS) is 21.5. The van der Waals surface area contributed by atoms with Gasteiger partial charge in [-0.2, -0.15) is 13.2 Å². The van der Waals surface area contributed by atoms with Crippen molar-refractivity contribution in [2.45, 2.75) is 52.1 Å². The number of H-pyrrole nitrogens is 1. The number of ketones is 1. The quantitative estimate of drug-likeness (QED) is 0.523. The van der Waals surface area contributed by atoms with Gasteiger partial charge in [-0.15, -0.1) is 0 Å². The van der Waals surface area contributed by atoms with Crippen molar-refractivity contribution in [1.29, 1.82) is 0 Å². The Bertz CT molecular complexity index is 1510. The van der Waals surface area contributed by atoms with Crippen LogP contribution in [-0.4, -0.2) is 27.6 Å². The maximum atomic E-state index is 15.4. The molecule has 1 amide bonds. The lowest BCUT2D eigenvalue weighted by atomic mass is 9.66. The van der Waals surface area contributed by atoms with E-state index >= 15 is 13.2 Å². The minimum atomic E-state index is -5.26. The van der Waals surface area contributed by atoms with E-state index in [0.29, 0.717) is 5.69 Å². The Kier molecular flexibility index (Phi) is 5.40. The van der Waals surface area contributed by atoms with Gasteiger partial charge in [-0.25, -0.2) is 4.68 Å². The zero-order valence-corrected chi connectivity index (χ0v) is 20.9. The van der Waals surface area contributed by atoms with Gasteiger partial charge in [-0.05, 0) is 49.9 Å². The van der Waals surface area contributed by atoms with Gasteiger partial charge >= 0.3 is 6.18 Å². The van der Waals surface area contributed by atoms with Gasteiger partial charge in [-0.1, -0.05) is 49.7 Å². The van der Waals surface area contributed by atoms with Gasteiger partial charge in [0.2, 0.25) is 5.41 Å². The Morgan fingerprint density at radius 1 is 0.865 bits per heavy atom. The predicted molar refractivity (Wildman–Crippen MR) is 133 cm³/mol. The number of aromatic nitrogens is 2. The molecule has 1 aliphatic heterocycles. The number of para-hydroxylation sites is 1. The molecule has 0 spiro atoms. The van der Waals surface area contributed by atoms with E-state index in [1.807, 2.05) is 6.92 Å². The summed E-state index contributed by atoms with van der Waals surface area (Å²) in [5.74, 6) is -2.14. The van der Waals surface area contributed by atoms with Gasteiger partial charge < -0.3 is 0 Å². The lowest BCUT2D eigenvalue weighted by molar-refractivity contribution is -0.184. The molecule has 0 radical (unpaired) electrons. The molecule has 2 heterocycles. The van der Waals surface area contributed by atoms with Crippen LogP contribution in [0.4, 0.5) is 18.9 Å². The number of anilines is 1. The number of nitrogens with zero attached hydrogens (tertiary/aromatic N) is 2. The number of hydrogen-bond donors (Lipinski definition) is 1. The van der Waals surface area contributed by atoms with E-state index in [-0.39, 0.29) is 29.9 Å². The van der Waals surface area contributed by atoms with Crippen LogP contribution in [-0.2, 0) is 15.0 Å². The highest BCUT2D eigenvalue weighted by molar-refractivity contribution is 6.20. The molecule has 0 bridgehead atoms. The van der Waals surface area contributed by atoms with E-state index < -0.39 is 45.4 Å². The Labute approximate surface area is 211 Å². The Morgan fingerprint density at radius 3 is 2.08 bits per heavy atom. The van der Waals surface area contributed by atoms with Crippen LogP contribution >= 0.6 is 0 Å². The number of carbonyl (C=O) groups excluding carboxylic acids is 2. The highest BCUT2D eigenvalue weighted by Gasteiger charge is 2.73. The first-order chi connectivity index (χ1) is 17.3. The summed E-state index contributed by atoms with van der Waals surface area (Å²) in [5.41, 5.74) is -5.29. The topological polar surface area (TPSA) is 75.2 Å². The van der Waals surface area contributed by atoms with Crippen LogP contribution in [0.5, 0.6) is 0 Å². The van der Waals surface area contributed by atoms with Crippen molar-refractivity contribution in [3.05, 3.63) is 93.0 Å². The summed E-state index contributed by atoms with van der Waals surface area (Å²) < 4.78 is 47.2. The number of halogens is 3. The van der Waals surface area contributed by atoms with E-state index in [1.165, 1.54) is 6.92 Å². The third-order valence-corrected chi connectivity index (χ3v) is 7.20. The van der Waals surface area contributed by atoms with Gasteiger partial charge in [0, 0.05) is 29.1 Å². The fourth-order valence-electron chi connectivity index (χ4n) is 5.65. The highest BCUT2D eigenvalue weighted by Crippen LogP contribution is 2.58. The van der Waals surface area contributed by atoms with Crippen LogP contribution in [0.2, 0.25) is 0 Å². The van der Waals surface area contributed by atoms with E-state index in [4.69, 9.17) is 0 Å². The van der Waals surface area contributed by atoms with Crippen molar-refractivity contribution in [1.82, 2.24) is 9.78 Å². The van der Waals surface area contributed by atoms with E-state index in [2.05, 4.69) is 5.10 Å². The van der Waals surface area contributed by atoms with Gasteiger partial charge in [-0.3, -0.25) is 24.4 Å². The molecule has 2 aliphatic rings. The predicted octanol–water partition coefficient (Wildman–Crippen LogP) is 5.27. The van der Waals surface area contributed by atoms with Crippen molar-refractivity contribution < 1.29 is 22.8 Å². The molecule has 1 N–H and O–H groups in total. The minimum absolute atomic E-state index is 0.00121. The molecular formula is C28H26F3N3O3. The number of amides is 1. The lowest BCUT2D eigenvalue weighted by Gasteiger charge is -2.35. The summed E-state index contributed by atoms with van der Waals surface area (Å²) >= 11 is 0. The first-order valence-corrected chi connectivity index (χ1v) is 11.9. The fraction of sp³-hybridized carbons (Fsp3) is 0.321. The second kappa shape index (κ2) is 8.06. The summed E-state index contributed by atoms with van der Waals surface area (Å²) in [5, 5.41) is 2.71. The van der Waals surface area contributed by atoms with Gasteiger partial charge in [0.05, 0.1) is 11.3 Å². The van der Waals surface area contributed by atoms with Crippen molar-refractivity contribution in [3.63, 3.8) is 0 Å². The molecule has 2 aromatic carbocycles. The fourth-order valence-corrected chi connectivity index (χ4v) is 5.65. The number of rotatable bonds is 3. The molecule has 1 aliphatic carbocycles. The molecule has 1 aromatic heterocycles. The first-order valence-electron chi connectivity index (χ1n) is 11.9. The molecule has 3 aromatic rings. The lowest BCUT2D eigenvalue weighted by Crippen LogP contribution is -2.55. The number of allylic oxidation sites excluding steroid dienone is 1. The summed E-state index contributed by atoms with van der Waals surface area (Å²) in [6, 6.07) is 14.6. The zero-order valence-electron chi connectivity index (χ0n) is 20.9. The molecule has 0 fully saturated rings. The Balaban J connectivity index is 1.87. The summed E-state index contributed by atoms with van der Waals surface area (Å²) in [6.45, 7) is 6.71. The number of carbonyl (C=O) groups is 2. The zero-order chi connectivity index (χ0) is 26.9. The molecule has 5 rings (SSSR count). The third-order valence-electron chi connectivity index (χ3n) is 7.20. The van der Waals surface area contributed by atoms with Crippen molar-refractivity contribution in [2.24, 2.45) is 5.41 Å². The van der Waals surface area contributed by atoms with Gasteiger partial charge in [0.15, 0.2) is 5.78 Å². The molecule has 0 unspecified atom stereocenters. The Hall–Kier alpha value is -3.88. The molecule has 37 heavy (non-hydrogen) atoms. The number of aryl methyl sites for hydroxylation is 2. The standard InChI is InChI=1S/C28H26F3N3O3/c1-16-10-12-18(13-11-16)33-20-14-26(3,4)15-21(35)23(20)27(25(33)37,28(29,30)31)22-17(2)32-34(24(22)36)19-8-6-5-7-9-19/h5-13,32H,14-15H2,1-4H3/t27-/m0/s1. The second-order valence-electron chi connectivity index (χ2n) is 10.6. The molecule has 9 heteroatoms. The van der Waals surface area contributed by atoms with Crippen LogP contribution in [0.15, 0.2) is 70.7 Å². The average Bonchev–Trinajstić information content (AvgIpc) is 3.24. The summed E-state index contributed by atoms with van der Waals surface area (Å²) in [4.78, 5) is 42.4. The number of nitrogens with one attached hydrogen (secondary N) is 1. The largest absolute Gasteiger partial charge is 0.411 e. The van der Waals surface area contributed by atoms with Crippen molar-refractivity contribution >= 4 is 17.4 Å². The number of Topliss-reactive ketones (excluding diaryl/α,β-unsaturated/α-hetero) is 1. The van der Waals surface area contributed by atoms with Crippen LogP contribution in [0.1, 0.15) is 43.5 Å². The number of benzene rings is 2. The maximum Gasteiger partial charge on any atom is 0.411 e. The van der Waals surface area contributed by atoms with Crippen LogP contribution in [0.3, 0.4) is 0 Å². The Morgan fingerprint density at radius 2 is 1.49 bits per heavy atom. The highest BCUT2D eigenvalue weighted by atomic mass is 19.4. The summed E-state index contributed by atoms with van der Waals surface area (Å²) in [6.07, 6.45) is -5.36. The van der Waals surface area contributed by atoms with E-state index in [0.717, 1.165) is 15.1 Å². The molecule has 192 valence electrons. The molecule has 1 atom stereocenters. The van der Waals surface area contributed by atoms with Gasteiger partial charge in [0.25, 0.3) is 11.5 Å². The number of aromatic amines is 1. The smallest absolute Gasteiger partial charge is 0.295 e. The van der Waals surface area contributed by atoms with Crippen LogP contribution < -0.4 is 10.5 Å². The molecule has 6 nitrogen and oxygen atoms in total. The monoisotopic (exact) mass is 509 g/mol. The van der Waals surface area contributed by atoms with E-state index in [9.17, 15) is 14.4 Å². The van der Waals surface area contributed by atoms with Crippen molar-refractivity contribution in [2.75, 3.05) is 4.90 Å². The first kappa shape index (κ1) is 24.8. The van der Waals surface area contributed by atoms with Crippen LogP contribution in [0.25, 0.3) is 5.69 Å². The van der Waals surface area contributed by atoms with E-state index in [1.54, 1.807) is 68.4 Å². The van der Waals surface area contributed by atoms with Crippen LogP contribution in [0, 0.1) is 19.3 Å². The molecule has 0 saturated heterocycles. The molecular weight excluding hydrogens is 483 g/mol. The molecule has 0 saturated carbocycles.